The lowest BCUT2D eigenvalue weighted by Crippen LogP contribution is -2.34. The Hall–Kier alpha value is -2.96. The normalized spacial score (nSPS) is 10.0. The van der Waals surface area contributed by atoms with Crippen molar-refractivity contribution in [2.24, 2.45) is 0 Å². The molecule has 0 saturated carbocycles. The minimum absolute atomic E-state index is 0.233. The van der Waals surface area contributed by atoms with Crippen molar-refractivity contribution in [2.45, 2.75) is 0 Å². The Morgan fingerprint density at radius 2 is 1.70 bits per heavy atom. The fourth-order valence-electron chi connectivity index (χ4n) is 1.93. The Labute approximate surface area is 133 Å². The van der Waals surface area contributed by atoms with Gasteiger partial charge in [-0.2, -0.15) is 0 Å². The maximum absolute atomic E-state index is 12.0. The van der Waals surface area contributed by atoms with Gasteiger partial charge < -0.3 is 24.5 Å². The molecule has 0 radical (unpaired) electrons. The van der Waals surface area contributed by atoms with Crippen molar-refractivity contribution >= 4 is 11.8 Å². The molecular weight excluding hydrogens is 300 g/mol. The zero-order chi connectivity index (χ0) is 16.7. The summed E-state index contributed by atoms with van der Waals surface area (Å²) in [5.74, 6) is 0.672. The van der Waals surface area contributed by atoms with Crippen molar-refractivity contribution in [3.8, 4) is 11.5 Å². The van der Waals surface area contributed by atoms with Crippen LogP contribution in [0.2, 0.25) is 0 Å². The summed E-state index contributed by atoms with van der Waals surface area (Å²) < 4.78 is 15.2. The lowest BCUT2D eigenvalue weighted by atomic mass is 10.2. The molecule has 0 atom stereocenters. The third-order valence-corrected chi connectivity index (χ3v) is 3.09. The van der Waals surface area contributed by atoms with Crippen LogP contribution in [0.25, 0.3) is 0 Å². The Morgan fingerprint density at radius 3 is 2.30 bits per heavy atom. The summed E-state index contributed by atoms with van der Waals surface area (Å²) in [6.07, 6.45) is 1.42. The molecular formula is C16H18N2O5. The molecule has 0 spiro atoms. The molecule has 1 heterocycles. The third kappa shape index (κ3) is 4.26. The highest BCUT2D eigenvalue weighted by Gasteiger charge is 2.11. The number of carbonyl (C=O) groups is 2. The Balaban J connectivity index is 1.82. The second-order valence-corrected chi connectivity index (χ2v) is 4.56. The Bertz CT molecular complexity index is 667. The highest BCUT2D eigenvalue weighted by atomic mass is 16.5. The number of hydrogen-bond donors (Lipinski definition) is 2. The lowest BCUT2D eigenvalue weighted by Gasteiger charge is -2.10. The molecule has 23 heavy (non-hydrogen) atoms. The van der Waals surface area contributed by atoms with Crippen molar-refractivity contribution < 1.29 is 23.5 Å². The van der Waals surface area contributed by atoms with Crippen LogP contribution in [0.15, 0.2) is 41.0 Å². The smallest absolute Gasteiger partial charge is 0.287 e. The summed E-state index contributed by atoms with van der Waals surface area (Å²) in [6.45, 7) is 0.582. The molecule has 2 amide bonds. The molecule has 2 aromatic rings. The van der Waals surface area contributed by atoms with Crippen molar-refractivity contribution in [1.82, 2.24) is 10.6 Å². The van der Waals surface area contributed by atoms with Gasteiger partial charge in [0, 0.05) is 18.7 Å². The largest absolute Gasteiger partial charge is 0.493 e. The fourth-order valence-corrected chi connectivity index (χ4v) is 1.93. The van der Waals surface area contributed by atoms with Crippen LogP contribution in [0.3, 0.4) is 0 Å². The van der Waals surface area contributed by atoms with Gasteiger partial charge in [-0.1, -0.05) is 0 Å². The number of carbonyl (C=O) groups excluding carboxylic acids is 2. The predicted octanol–water partition coefficient (Wildman–Crippen LogP) is 1.46. The SMILES string of the molecule is COc1ccc(C(=O)NCCNC(=O)c2ccco2)cc1OC. The van der Waals surface area contributed by atoms with Gasteiger partial charge in [-0.15, -0.1) is 0 Å². The van der Waals surface area contributed by atoms with Crippen LogP contribution in [-0.2, 0) is 0 Å². The molecule has 122 valence electrons. The summed E-state index contributed by atoms with van der Waals surface area (Å²) in [5, 5.41) is 5.35. The van der Waals surface area contributed by atoms with Gasteiger partial charge in [0.25, 0.3) is 11.8 Å². The summed E-state index contributed by atoms with van der Waals surface area (Å²) in [5.41, 5.74) is 0.444. The second-order valence-electron chi connectivity index (χ2n) is 4.56. The number of nitrogens with one attached hydrogen (secondary N) is 2. The highest BCUT2D eigenvalue weighted by Crippen LogP contribution is 2.27. The third-order valence-electron chi connectivity index (χ3n) is 3.09. The number of amides is 2. The van der Waals surface area contributed by atoms with E-state index in [9.17, 15) is 9.59 Å². The number of hydrogen-bond acceptors (Lipinski definition) is 5. The molecule has 2 N–H and O–H groups in total. The quantitative estimate of drug-likeness (QED) is 0.754. The van der Waals surface area contributed by atoms with Gasteiger partial charge in [0.05, 0.1) is 20.5 Å². The molecule has 0 fully saturated rings. The molecule has 0 unspecified atom stereocenters. The van der Waals surface area contributed by atoms with Crippen molar-refractivity contribution in [3.05, 3.63) is 47.9 Å². The van der Waals surface area contributed by atoms with E-state index in [0.717, 1.165) is 0 Å². The highest BCUT2D eigenvalue weighted by molar-refractivity contribution is 5.95. The molecule has 0 aliphatic carbocycles. The van der Waals surface area contributed by atoms with Crippen molar-refractivity contribution in [1.29, 1.82) is 0 Å². The van der Waals surface area contributed by atoms with Crippen LogP contribution < -0.4 is 20.1 Å². The number of ether oxygens (including phenoxy) is 2. The van der Waals surface area contributed by atoms with Gasteiger partial charge in [0.1, 0.15) is 0 Å². The Morgan fingerprint density at radius 1 is 1.00 bits per heavy atom. The maximum Gasteiger partial charge on any atom is 0.287 e. The minimum Gasteiger partial charge on any atom is -0.493 e. The molecule has 7 heteroatoms. The van der Waals surface area contributed by atoms with Gasteiger partial charge >= 0.3 is 0 Å². The van der Waals surface area contributed by atoms with E-state index in [2.05, 4.69) is 10.6 Å². The van der Waals surface area contributed by atoms with Crippen LogP contribution in [0.1, 0.15) is 20.9 Å². The van der Waals surface area contributed by atoms with Crippen molar-refractivity contribution in [3.63, 3.8) is 0 Å². The van der Waals surface area contributed by atoms with E-state index in [4.69, 9.17) is 13.9 Å². The molecule has 2 rings (SSSR count). The molecule has 1 aromatic heterocycles. The summed E-state index contributed by atoms with van der Waals surface area (Å²) in [6, 6.07) is 8.09. The van der Waals surface area contributed by atoms with E-state index in [-0.39, 0.29) is 17.6 Å². The second kappa shape index (κ2) is 7.88. The summed E-state index contributed by atoms with van der Waals surface area (Å²) in [7, 11) is 3.03. The van der Waals surface area contributed by atoms with Crippen LogP contribution in [0.5, 0.6) is 11.5 Å². The van der Waals surface area contributed by atoms with E-state index in [0.29, 0.717) is 30.2 Å². The minimum atomic E-state index is -0.324. The fraction of sp³-hybridized carbons (Fsp3) is 0.250. The number of methoxy groups -OCH3 is 2. The van der Waals surface area contributed by atoms with Gasteiger partial charge in [-0.05, 0) is 30.3 Å². The zero-order valence-electron chi connectivity index (χ0n) is 12.9. The van der Waals surface area contributed by atoms with E-state index in [1.54, 1.807) is 30.3 Å². The zero-order valence-corrected chi connectivity index (χ0v) is 12.9. The number of furan rings is 1. The number of rotatable bonds is 7. The summed E-state index contributed by atoms with van der Waals surface area (Å²) >= 11 is 0. The van der Waals surface area contributed by atoms with Crippen LogP contribution >= 0.6 is 0 Å². The average Bonchev–Trinajstić information content (AvgIpc) is 3.12. The first kappa shape index (κ1) is 16.4. The molecule has 0 saturated heterocycles. The first-order chi connectivity index (χ1) is 11.2. The topological polar surface area (TPSA) is 89.8 Å². The molecule has 7 nitrogen and oxygen atoms in total. The van der Waals surface area contributed by atoms with Crippen molar-refractivity contribution in [2.75, 3.05) is 27.3 Å². The summed E-state index contributed by atoms with van der Waals surface area (Å²) in [4.78, 5) is 23.7. The predicted molar refractivity (Wildman–Crippen MR) is 82.9 cm³/mol. The molecule has 0 aliphatic rings. The van der Waals surface area contributed by atoms with Gasteiger partial charge in [0.2, 0.25) is 0 Å². The van der Waals surface area contributed by atoms with Gasteiger partial charge in [-0.3, -0.25) is 9.59 Å². The maximum atomic E-state index is 12.0. The van der Waals surface area contributed by atoms with Crippen LogP contribution in [-0.4, -0.2) is 39.1 Å². The van der Waals surface area contributed by atoms with E-state index in [1.807, 2.05) is 0 Å². The average molecular weight is 318 g/mol. The first-order valence-electron chi connectivity index (χ1n) is 6.97. The van der Waals surface area contributed by atoms with Gasteiger partial charge in [0.15, 0.2) is 17.3 Å². The van der Waals surface area contributed by atoms with Crippen LogP contribution in [0, 0.1) is 0 Å². The molecule has 0 aliphatic heterocycles. The van der Waals surface area contributed by atoms with E-state index in [1.165, 1.54) is 20.5 Å². The Kier molecular flexibility index (Phi) is 5.62. The lowest BCUT2D eigenvalue weighted by molar-refractivity contribution is 0.0910. The molecule has 1 aromatic carbocycles. The standard InChI is InChI=1S/C16H18N2O5/c1-21-12-6-5-11(10-14(12)22-2)15(19)17-7-8-18-16(20)13-4-3-9-23-13/h3-6,9-10H,7-8H2,1-2H3,(H,17,19)(H,18,20). The van der Waals surface area contributed by atoms with Crippen LogP contribution in [0.4, 0.5) is 0 Å². The first-order valence-corrected chi connectivity index (χ1v) is 6.97. The van der Waals surface area contributed by atoms with E-state index >= 15 is 0 Å². The number of benzene rings is 1. The molecule has 0 bridgehead atoms. The van der Waals surface area contributed by atoms with Gasteiger partial charge in [-0.25, -0.2) is 0 Å². The monoisotopic (exact) mass is 318 g/mol. The van der Waals surface area contributed by atoms with E-state index < -0.39 is 0 Å².